The van der Waals surface area contributed by atoms with Gasteiger partial charge in [-0.25, -0.2) is 14.6 Å². The average molecular weight is 711 g/mol. The minimum Gasteiger partial charge on any atom is -0.493 e. The second-order valence-electron chi connectivity index (χ2n) is 13.7. The third kappa shape index (κ3) is 8.57. The lowest BCUT2D eigenvalue weighted by atomic mass is 9.93. The molecule has 6 rings (SSSR count). The van der Waals surface area contributed by atoms with Crippen LogP contribution in [0.3, 0.4) is 0 Å². The van der Waals surface area contributed by atoms with Gasteiger partial charge in [-0.05, 0) is 92.6 Å². The molecular weight excluding hydrogens is 669 g/mol. The van der Waals surface area contributed by atoms with Crippen LogP contribution in [0.25, 0.3) is 21.6 Å². The Bertz CT molecular complexity index is 1940. The van der Waals surface area contributed by atoms with Gasteiger partial charge in [0.05, 0.1) is 13.7 Å². The Morgan fingerprint density at radius 2 is 1.69 bits per heavy atom. The fourth-order valence-electron chi connectivity index (χ4n) is 6.28. The van der Waals surface area contributed by atoms with Crippen molar-refractivity contribution in [3.05, 3.63) is 88.1 Å². The van der Waals surface area contributed by atoms with Gasteiger partial charge in [0.1, 0.15) is 17.0 Å². The molecule has 2 aromatic carbocycles. The van der Waals surface area contributed by atoms with Crippen molar-refractivity contribution < 1.29 is 33.4 Å². The molecule has 3 amide bonds. The first-order valence-corrected chi connectivity index (χ1v) is 18.0. The molecule has 0 atom stereocenters. The van der Waals surface area contributed by atoms with Crippen LogP contribution in [0.15, 0.2) is 60.0 Å². The van der Waals surface area contributed by atoms with E-state index in [1.54, 1.807) is 80.6 Å². The number of hydrogen-bond acceptors (Lipinski definition) is 9. The quantitative estimate of drug-likeness (QED) is 0.159. The Morgan fingerprint density at radius 1 is 0.922 bits per heavy atom. The van der Waals surface area contributed by atoms with Gasteiger partial charge >= 0.3 is 12.1 Å². The summed E-state index contributed by atoms with van der Waals surface area (Å²) in [4.78, 5) is 58.3. The topological polar surface area (TPSA) is 145 Å². The number of amides is 3. The van der Waals surface area contributed by atoms with Crippen molar-refractivity contribution in [2.75, 3.05) is 19.0 Å². The first kappa shape index (κ1) is 35.6. The molecule has 0 unspecified atom stereocenters. The van der Waals surface area contributed by atoms with E-state index in [9.17, 15) is 19.2 Å². The van der Waals surface area contributed by atoms with Crippen molar-refractivity contribution in [1.29, 1.82) is 0 Å². The number of alkyl carbamates (subject to hydrolysis) is 1. The number of fused-ring (bicyclic) bond motifs is 3. The predicted octanol–water partition coefficient (Wildman–Crippen LogP) is 7.54. The van der Waals surface area contributed by atoms with E-state index in [1.165, 1.54) is 7.11 Å². The molecular formula is C39H42N4O7S. The number of carbonyl (C=O) groups excluding carboxylic acids is 4. The number of anilines is 1. The van der Waals surface area contributed by atoms with E-state index in [2.05, 4.69) is 27.0 Å². The summed E-state index contributed by atoms with van der Waals surface area (Å²) in [6, 6.07) is 15.9. The summed E-state index contributed by atoms with van der Waals surface area (Å²) >= 11 is 1.57. The first-order chi connectivity index (χ1) is 24.5. The van der Waals surface area contributed by atoms with Crippen molar-refractivity contribution in [3.63, 3.8) is 0 Å². The van der Waals surface area contributed by atoms with Gasteiger partial charge in [0.15, 0.2) is 5.69 Å². The molecule has 0 saturated heterocycles. The molecule has 266 valence electrons. The molecule has 2 aliphatic rings. The summed E-state index contributed by atoms with van der Waals surface area (Å²) in [5, 5.41) is 10.8. The summed E-state index contributed by atoms with van der Waals surface area (Å²) in [5.41, 5.74) is 3.63. The molecule has 1 aliphatic carbocycles. The number of nitrogens with one attached hydrogen (secondary N) is 3. The van der Waals surface area contributed by atoms with Crippen LogP contribution in [0.1, 0.15) is 95.3 Å². The van der Waals surface area contributed by atoms with E-state index in [4.69, 9.17) is 14.2 Å². The highest BCUT2D eigenvalue weighted by Gasteiger charge is 2.28. The van der Waals surface area contributed by atoms with E-state index in [1.807, 2.05) is 5.38 Å². The second-order valence-corrected chi connectivity index (χ2v) is 14.6. The lowest BCUT2D eigenvalue weighted by molar-refractivity contribution is 0.0522. The van der Waals surface area contributed by atoms with Gasteiger partial charge in [0, 0.05) is 51.8 Å². The Balaban J connectivity index is 1.34. The molecule has 11 nitrogen and oxygen atoms in total. The van der Waals surface area contributed by atoms with Crippen molar-refractivity contribution in [2.45, 2.75) is 77.5 Å². The van der Waals surface area contributed by atoms with E-state index in [0.717, 1.165) is 53.7 Å². The number of benzene rings is 2. The number of hydrogen-bond donors (Lipinski definition) is 3. The summed E-state index contributed by atoms with van der Waals surface area (Å²) in [7, 11) is 1.25. The van der Waals surface area contributed by atoms with Crippen LogP contribution in [-0.4, -0.2) is 54.2 Å². The lowest BCUT2D eigenvalue weighted by Gasteiger charge is -2.22. The second kappa shape index (κ2) is 15.3. The fourth-order valence-corrected chi connectivity index (χ4v) is 7.26. The van der Waals surface area contributed by atoms with Gasteiger partial charge in [-0.2, -0.15) is 0 Å². The van der Waals surface area contributed by atoms with Gasteiger partial charge < -0.3 is 30.2 Å². The minimum atomic E-state index is -0.740. The molecule has 0 radical (unpaired) electrons. The molecule has 4 aromatic rings. The number of carbonyl (C=O) groups is 4. The maximum Gasteiger partial charge on any atom is 0.407 e. The highest BCUT2D eigenvalue weighted by Crippen LogP contribution is 2.43. The van der Waals surface area contributed by atoms with Gasteiger partial charge in [-0.15, -0.1) is 11.3 Å². The average Bonchev–Trinajstić information content (AvgIpc) is 3.51. The molecule has 51 heavy (non-hydrogen) atoms. The van der Waals surface area contributed by atoms with E-state index >= 15 is 0 Å². The third-order valence-electron chi connectivity index (χ3n) is 8.77. The Labute approximate surface area is 301 Å². The van der Waals surface area contributed by atoms with Gasteiger partial charge in [0.25, 0.3) is 11.8 Å². The van der Waals surface area contributed by atoms with Gasteiger partial charge in [0.2, 0.25) is 0 Å². The number of methoxy groups -OCH3 is 1. The molecule has 12 heteroatoms. The summed E-state index contributed by atoms with van der Waals surface area (Å²) < 4.78 is 16.6. The SMILES string of the molecule is COC(=O)c1nc(C(=O)NC2CCCCC2)ccc1-c1cc2c(cc1C(=O)Nc1ccc(CNC(=O)OC(C)(C)C)cc1)-c1sccc1CCO2. The number of esters is 1. The lowest BCUT2D eigenvalue weighted by Crippen LogP contribution is -2.36. The zero-order valence-corrected chi connectivity index (χ0v) is 30.0. The smallest absolute Gasteiger partial charge is 0.407 e. The van der Waals surface area contributed by atoms with Crippen molar-refractivity contribution in [3.8, 4) is 27.3 Å². The van der Waals surface area contributed by atoms with Crippen molar-refractivity contribution >= 4 is 40.9 Å². The Kier molecular flexibility index (Phi) is 10.7. The minimum absolute atomic E-state index is 0.0591. The zero-order valence-electron chi connectivity index (χ0n) is 29.2. The summed E-state index contributed by atoms with van der Waals surface area (Å²) in [6.07, 6.45) is 5.25. The molecule has 3 heterocycles. The highest BCUT2D eigenvalue weighted by molar-refractivity contribution is 7.13. The van der Waals surface area contributed by atoms with Gasteiger partial charge in [-0.1, -0.05) is 31.4 Å². The van der Waals surface area contributed by atoms with Crippen LogP contribution < -0.4 is 20.7 Å². The normalized spacial score (nSPS) is 14.2. The monoisotopic (exact) mass is 710 g/mol. The standard InChI is InChI=1S/C39H42N4O7S/c1-39(2,3)50-38(47)40-22-23-10-12-26(13-11-23)41-35(44)29-20-30-32(49-18-16-24-17-19-51-34(24)30)21-28(29)27-14-15-31(43-33(27)37(46)48-4)36(45)42-25-8-6-5-7-9-25/h10-15,17,19-21,25H,5-9,16,18,22H2,1-4H3,(H,40,47)(H,41,44)(H,42,45). The number of thiophene rings is 1. The van der Waals surface area contributed by atoms with Crippen LogP contribution in [-0.2, 0) is 22.4 Å². The molecule has 0 spiro atoms. The maximum atomic E-state index is 14.2. The molecule has 0 bridgehead atoms. The van der Waals surface area contributed by atoms with Crippen LogP contribution in [0, 0.1) is 0 Å². The fraction of sp³-hybridized carbons (Fsp3) is 0.359. The largest absolute Gasteiger partial charge is 0.493 e. The van der Waals surface area contributed by atoms with Crippen molar-refractivity contribution in [1.82, 2.24) is 15.6 Å². The van der Waals surface area contributed by atoms with Crippen LogP contribution in [0.2, 0.25) is 0 Å². The van der Waals surface area contributed by atoms with E-state index < -0.39 is 23.6 Å². The van der Waals surface area contributed by atoms with Crippen LogP contribution in [0.4, 0.5) is 10.5 Å². The molecule has 2 aromatic heterocycles. The third-order valence-corrected chi connectivity index (χ3v) is 9.76. The molecule has 1 saturated carbocycles. The highest BCUT2D eigenvalue weighted by atomic mass is 32.1. The van der Waals surface area contributed by atoms with Crippen molar-refractivity contribution in [2.24, 2.45) is 0 Å². The maximum absolute atomic E-state index is 14.2. The number of pyridine rings is 1. The number of nitrogens with zero attached hydrogens (tertiary/aromatic N) is 1. The number of ether oxygens (including phenoxy) is 3. The van der Waals surface area contributed by atoms with Crippen LogP contribution >= 0.6 is 11.3 Å². The first-order valence-electron chi connectivity index (χ1n) is 17.1. The van der Waals surface area contributed by atoms with Gasteiger partial charge in [-0.3, -0.25) is 9.59 Å². The van der Waals surface area contributed by atoms with Crippen LogP contribution in [0.5, 0.6) is 5.75 Å². The Morgan fingerprint density at radius 3 is 2.41 bits per heavy atom. The van der Waals surface area contributed by atoms with E-state index in [0.29, 0.717) is 35.6 Å². The summed E-state index contributed by atoms with van der Waals surface area (Å²) in [6.45, 7) is 6.08. The molecule has 1 fully saturated rings. The zero-order chi connectivity index (χ0) is 36.1. The Hall–Kier alpha value is -5.23. The molecule has 1 aliphatic heterocycles. The number of aromatic nitrogens is 1. The predicted molar refractivity (Wildman–Crippen MR) is 195 cm³/mol. The van der Waals surface area contributed by atoms with E-state index in [-0.39, 0.29) is 35.4 Å². The number of rotatable bonds is 8. The molecule has 3 N–H and O–H groups in total. The summed E-state index contributed by atoms with van der Waals surface area (Å²) in [5.74, 6) is -0.961.